The molecule has 0 bridgehead atoms. The molecule has 3 rings (SSSR count). The minimum atomic E-state index is -1.09. The molecule has 2 aromatic rings. The molecule has 7 heteroatoms. The molecule has 0 atom stereocenters. The van der Waals surface area contributed by atoms with Gasteiger partial charge in [0.05, 0.1) is 5.56 Å². The lowest BCUT2D eigenvalue weighted by Gasteiger charge is -2.35. The van der Waals surface area contributed by atoms with Crippen LogP contribution in [0.5, 0.6) is 0 Å². The lowest BCUT2D eigenvalue weighted by atomic mass is 10.1. The van der Waals surface area contributed by atoms with E-state index in [2.05, 4.69) is 9.97 Å². The second kappa shape index (κ2) is 6.28. The number of carbonyl (C=O) groups is 1. The van der Waals surface area contributed by atoms with Gasteiger partial charge in [0.1, 0.15) is 11.6 Å². The van der Waals surface area contributed by atoms with Crippen LogP contribution >= 0.6 is 0 Å². The van der Waals surface area contributed by atoms with Crippen molar-refractivity contribution in [2.24, 2.45) is 0 Å². The molecule has 2 heterocycles. The van der Waals surface area contributed by atoms with Gasteiger partial charge in [-0.25, -0.2) is 18.7 Å². The Labute approximate surface area is 132 Å². The fraction of sp³-hybridized carbons (Fsp3) is 0.312. The van der Waals surface area contributed by atoms with Crippen LogP contribution in [-0.2, 0) is 0 Å². The maximum atomic E-state index is 13.7. The van der Waals surface area contributed by atoms with Crippen LogP contribution in [0.1, 0.15) is 16.2 Å². The molecule has 1 aliphatic rings. The van der Waals surface area contributed by atoms with Crippen LogP contribution in [0.2, 0.25) is 0 Å². The first-order valence-corrected chi connectivity index (χ1v) is 7.34. The first-order valence-electron chi connectivity index (χ1n) is 7.34. The molecule has 1 aromatic carbocycles. The highest BCUT2D eigenvalue weighted by molar-refractivity contribution is 5.94. The van der Waals surface area contributed by atoms with Crippen LogP contribution in [0.15, 0.2) is 30.5 Å². The van der Waals surface area contributed by atoms with Gasteiger partial charge in [0.25, 0.3) is 5.91 Å². The van der Waals surface area contributed by atoms with Crippen molar-refractivity contribution in [3.05, 3.63) is 53.5 Å². The minimum absolute atomic E-state index is 0.226. The molecular weight excluding hydrogens is 302 g/mol. The number of benzene rings is 1. The maximum Gasteiger partial charge on any atom is 0.257 e. The average Bonchev–Trinajstić information content (AvgIpc) is 2.57. The van der Waals surface area contributed by atoms with Crippen molar-refractivity contribution in [3.8, 4) is 0 Å². The van der Waals surface area contributed by atoms with Gasteiger partial charge in [-0.15, -0.1) is 0 Å². The van der Waals surface area contributed by atoms with Gasteiger partial charge in [-0.3, -0.25) is 4.79 Å². The molecule has 1 aromatic heterocycles. The molecular formula is C16H16F2N4O. The molecule has 0 saturated carbocycles. The predicted molar refractivity (Wildman–Crippen MR) is 81.2 cm³/mol. The van der Waals surface area contributed by atoms with Crippen molar-refractivity contribution in [1.82, 2.24) is 14.9 Å². The van der Waals surface area contributed by atoms with Gasteiger partial charge in [-0.1, -0.05) is 6.07 Å². The van der Waals surface area contributed by atoms with Crippen LogP contribution in [0.25, 0.3) is 0 Å². The quantitative estimate of drug-likeness (QED) is 0.850. The Bertz CT molecular complexity index is 730. The summed E-state index contributed by atoms with van der Waals surface area (Å²) in [5, 5.41) is 0. The number of hydrogen-bond donors (Lipinski definition) is 0. The summed E-state index contributed by atoms with van der Waals surface area (Å²) in [6.45, 7) is 3.84. The van der Waals surface area contributed by atoms with E-state index in [0.717, 1.165) is 11.9 Å². The Kier molecular flexibility index (Phi) is 4.18. The van der Waals surface area contributed by atoms with Crippen LogP contribution < -0.4 is 4.90 Å². The van der Waals surface area contributed by atoms with Crippen molar-refractivity contribution in [2.75, 3.05) is 31.1 Å². The van der Waals surface area contributed by atoms with Crippen molar-refractivity contribution in [3.63, 3.8) is 0 Å². The zero-order valence-corrected chi connectivity index (χ0v) is 12.7. The number of anilines is 1. The highest BCUT2D eigenvalue weighted by Crippen LogP contribution is 2.17. The molecule has 0 unspecified atom stereocenters. The first kappa shape index (κ1) is 15.3. The molecule has 120 valence electrons. The van der Waals surface area contributed by atoms with Crippen LogP contribution in [0, 0.1) is 18.6 Å². The summed E-state index contributed by atoms with van der Waals surface area (Å²) in [5.74, 6) is -1.10. The zero-order chi connectivity index (χ0) is 16.4. The van der Waals surface area contributed by atoms with Gasteiger partial charge < -0.3 is 9.80 Å². The van der Waals surface area contributed by atoms with Crippen molar-refractivity contribution < 1.29 is 13.6 Å². The smallest absolute Gasteiger partial charge is 0.257 e. The molecule has 1 saturated heterocycles. The van der Waals surface area contributed by atoms with E-state index >= 15 is 0 Å². The van der Waals surface area contributed by atoms with E-state index in [9.17, 15) is 13.6 Å². The molecule has 0 N–H and O–H groups in total. The minimum Gasteiger partial charge on any atom is -0.353 e. The van der Waals surface area contributed by atoms with Gasteiger partial charge >= 0.3 is 0 Å². The summed E-state index contributed by atoms with van der Waals surface area (Å²) in [4.78, 5) is 24.3. The summed E-state index contributed by atoms with van der Waals surface area (Å²) < 4.78 is 27.0. The molecule has 0 aliphatic carbocycles. The first-order chi connectivity index (χ1) is 11.1. The molecule has 1 aliphatic heterocycles. The highest BCUT2D eigenvalue weighted by atomic mass is 19.2. The maximum absolute atomic E-state index is 13.7. The fourth-order valence-electron chi connectivity index (χ4n) is 2.60. The number of amides is 1. The van der Waals surface area contributed by atoms with Crippen molar-refractivity contribution in [2.45, 2.75) is 6.92 Å². The van der Waals surface area contributed by atoms with Crippen molar-refractivity contribution in [1.29, 1.82) is 0 Å². The summed E-state index contributed by atoms with van der Waals surface area (Å²) >= 11 is 0. The van der Waals surface area contributed by atoms with Gasteiger partial charge in [-0.2, -0.15) is 0 Å². The Hall–Kier alpha value is -2.57. The van der Waals surface area contributed by atoms with Crippen LogP contribution in [0.3, 0.4) is 0 Å². The lowest BCUT2D eigenvalue weighted by molar-refractivity contribution is 0.0740. The molecule has 1 amide bonds. The van der Waals surface area contributed by atoms with Gasteiger partial charge in [0.15, 0.2) is 11.6 Å². The van der Waals surface area contributed by atoms with E-state index in [0.29, 0.717) is 32.0 Å². The standard InChI is InChI=1S/C16H16F2N4O/c1-11-19-6-5-14(20-11)21-7-9-22(10-8-21)16(23)12-3-2-4-13(17)15(12)18/h2-6H,7-10H2,1H3. The van der Waals surface area contributed by atoms with Gasteiger partial charge in [0, 0.05) is 32.4 Å². The van der Waals surface area contributed by atoms with Crippen LogP contribution in [0.4, 0.5) is 14.6 Å². The average molecular weight is 318 g/mol. The normalized spacial score (nSPS) is 14.9. The number of piperazine rings is 1. The Morgan fingerprint density at radius 2 is 1.87 bits per heavy atom. The van der Waals surface area contributed by atoms with Gasteiger partial charge in [0.2, 0.25) is 0 Å². The third-order valence-corrected chi connectivity index (χ3v) is 3.83. The molecule has 1 fully saturated rings. The number of rotatable bonds is 2. The summed E-state index contributed by atoms with van der Waals surface area (Å²) in [6, 6.07) is 5.46. The molecule has 5 nitrogen and oxygen atoms in total. The van der Waals surface area contributed by atoms with E-state index < -0.39 is 17.5 Å². The Morgan fingerprint density at radius 1 is 1.13 bits per heavy atom. The largest absolute Gasteiger partial charge is 0.353 e. The van der Waals surface area contributed by atoms with Gasteiger partial charge in [-0.05, 0) is 25.1 Å². The van der Waals surface area contributed by atoms with E-state index in [1.807, 2.05) is 17.9 Å². The Balaban J connectivity index is 1.69. The van der Waals surface area contributed by atoms with E-state index in [1.165, 1.54) is 17.0 Å². The lowest BCUT2D eigenvalue weighted by Crippen LogP contribution is -2.49. The van der Waals surface area contributed by atoms with E-state index in [-0.39, 0.29) is 5.56 Å². The van der Waals surface area contributed by atoms with E-state index in [1.54, 1.807) is 6.20 Å². The zero-order valence-electron chi connectivity index (χ0n) is 12.7. The number of halogens is 2. The molecule has 23 heavy (non-hydrogen) atoms. The Morgan fingerprint density at radius 3 is 2.57 bits per heavy atom. The predicted octanol–water partition coefficient (Wildman–Crippen LogP) is 2.03. The van der Waals surface area contributed by atoms with Crippen LogP contribution in [-0.4, -0.2) is 47.0 Å². The summed E-state index contributed by atoms with van der Waals surface area (Å²) in [7, 11) is 0. The fourth-order valence-corrected chi connectivity index (χ4v) is 2.60. The molecule has 0 radical (unpaired) electrons. The number of hydrogen-bond acceptors (Lipinski definition) is 4. The number of aromatic nitrogens is 2. The number of carbonyl (C=O) groups excluding carboxylic acids is 1. The third kappa shape index (κ3) is 3.13. The topological polar surface area (TPSA) is 49.3 Å². The SMILES string of the molecule is Cc1nccc(N2CCN(C(=O)c3cccc(F)c3F)CC2)n1. The second-order valence-corrected chi connectivity index (χ2v) is 5.34. The summed E-state index contributed by atoms with van der Waals surface area (Å²) in [6.07, 6.45) is 1.69. The summed E-state index contributed by atoms with van der Waals surface area (Å²) in [5.41, 5.74) is -0.226. The van der Waals surface area contributed by atoms with E-state index in [4.69, 9.17) is 0 Å². The highest BCUT2D eigenvalue weighted by Gasteiger charge is 2.25. The van der Waals surface area contributed by atoms with Crippen molar-refractivity contribution >= 4 is 11.7 Å². The number of nitrogens with zero attached hydrogens (tertiary/aromatic N) is 4. The monoisotopic (exact) mass is 318 g/mol. The molecule has 0 spiro atoms. The second-order valence-electron chi connectivity index (χ2n) is 5.34. The number of aryl methyl sites for hydroxylation is 1. The third-order valence-electron chi connectivity index (χ3n) is 3.83.